The minimum absolute atomic E-state index is 0.0191. The average Bonchev–Trinajstić information content (AvgIpc) is 3.16. The molecule has 1 aromatic rings. The zero-order valence-corrected chi connectivity index (χ0v) is 14.2. The third kappa shape index (κ3) is 4.08. The topological polar surface area (TPSA) is 111 Å². The Morgan fingerprint density at radius 1 is 1.57 bits per heavy atom. The Bertz CT molecular complexity index is 600. The van der Waals surface area contributed by atoms with E-state index in [2.05, 4.69) is 10.6 Å². The van der Waals surface area contributed by atoms with Gasteiger partial charge in [0.05, 0.1) is 12.6 Å². The minimum atomic E-state index is -0.398. The lowest BCUT2D eigenvalue weighted by atomic mass is 10.1. The third-order valence-corrected chi connectivity index (χ3v) is 5.04. The highest BCUT2D eigenvalue weighted by Crippen LogP contribution is 2.23. The molecule has 2 heterocycles. The Hall–Kier alpha value is -1.93. The van der Waals surface area contributed by atoms with Gasteiger partial charge in [0.25, 0.3) is 0 Å². The van der Waals surface area contributed by atoms with Crippen molar-refractivity contribution in [1.29, 1.82) is 5.41 Å². The summed E-state index contributed by atoms with van der Waals surface area (Å²) in [5.74, 6) is -0.157. The largest absolute Gasteiger partial charge is 0.384 e. The van der Waals surface area contributed by atoms with Crippen molar-refractivity contribution in [2.75, 3.05) is 20.1 Å². The van der Waals surface area contributed by atoms with Gasteiger partial charge in [0, 0.05) is 22.4 Å². The molecule has 1 aliphatic heterocycles. The first-order valence-corrected chi connectivity index (χ1v) is 8.49. The van der Waals surface area contributed by atoms with E-state index >= 15 is 0 Å². The highest BCUT2D eigenvalue weighted by molar-refractivity contribution is 7.10. The van der Waals surface area contributed by atoms with Crippen LogP contribution in [0.25, 0.3) is 0 Å². The van der Waals surface area contributed by atoms with E-state index in [1.54, 1.807) is 17.3 Å². The fourth-order valence-corrected chi connectivity index (χ4v) is 3.61. The number of nitrogen functional groups attached to an aromatic ring is 1. The maximum absolute atomic E-state index is 12.5. The van der Waals surface area contributed by atoms with E-state index in [4.69, 9.17) is 11.1 Å². The number of hydrogen-bond acceptors (Lipinski definition) is 5. The molecule has 0 spiro atoms. The van der Waals surface area contributed by atoms with Gasteiger partial charge in [0.2, 0.25) is 11.8 Å². The van der Waals surface area contributed by atoms with Crippen LogP contribution in [-0.2, 0) is 9.59 Å². The number of carbonyl (C=O) groups is 2. The molecule has 0 aromatic carbocycles. The summed E-state index contributed by atoms with van der Waals surface area (Å²) in [6.45, 7) is 2.76. The second-order valence-electron chi connectivity index (χ2n) is 5.66. The Kier molecular flexibility index (Phi) is 5.73. The van der Waals surface area contributed by atoms with Gasteiger partial charge < -0.3 is 21.3 Å². The molecule has 23 heavy (non-hydrogen) atoms. The first-order chi connectivity index (χ1) is 10.9. The first-order valence-electron chi connectivity index (χ1n) is 7.61. The third-order valence-electron chi connectivity index (χ3n) is 3.92. The molecule has 2 atom stereocenters. The highest BCUT2D eigenvalue weighted by Gasteiger charge is 2.34. The lowest BCUT2D eigenvalue weighted by Crippen LogP contribution is -2.48. The van der Waals surface area contributed by atoms with Gasteiger partial charge in [-0.25, -0.2) is 0 Å². The van der Waals surface area contributed by atoms with Gasteiger partial charge in [-0.2, -0.15) is 0 Å². The van der Waals surface area contributed by atoms with Crippen molar-refractivity contribution in [3.63, 3.8) is 0 Å². The molecule has 0 saturated carbocycles. The summed E-state index contributed by atoms with van der Waals surface area (Å²) in [5, 5.41) is 15.0. The van der Waals surface area contributed by atoms with Crippen molar-refractivity contribution in [1.82, 2.24) is 15.5 Å². The Balaban J connectivity index is 1.99. The quantitative estimate of drug-likeness (QED) is 0.445. The van der Waals surface area contributed by atoms with E-state index in [1.165, 1.54) is 11.3 Å². The molecule has 1 unspecified atom stereocenters. The normalized spacial score (nSPS) is 18.7. The smallest absolute Gasteiger partial charge is 0.243 e. The van der Waals surface area contributed by atoms with E-state index in [0.29, 0.717) is 18.5 Å². The average molecular weight is 337 g/mol. The molecule has 0 aliphatic carbocycles. The number of rotatable bonds is 6. The number of amidine groups is 1. The lowest BCUT2D eigenvalue weighted by Gasteiger charge is -2.25. The van der Waals surface area contributed by atoms with Crippen molar-refractivity contribution in [3.05, 3.63) is 21.9 Å². The monoisotopic (exact) mass is 337 g/mol. The van der Waals surface area contributed by atoms with Gasteiger partial charge in [-0.15, -0.1) is 11.3 Å². The predicted molar refractivity (Wildman–Crippen MR) is 90.6 cm³/mol. The molecule has 2 rings (SSSR count). The predicted octanol–water partition coefficient (Wildman–Crippen LogP) is 0.420. The number of nitrogens with two attached hydrogens (primary N) is 1. The van der Waals surface area contributed by atoms with Crippen LogP contribution in [0.15, 0.2) is 11.4 Å². The summed E-state index contributed by atoms with van der Waals surface area (Å²) in [6, 6.07) is 1.24. The number of carbonyl (C=O) groups excluding carboxylic acids is 2. The number of likely N-dealkylation sites (tertiary alicyclic amines) is 1. The molecule has 1 aliphatic rings. The molecule has 2 amide bonds. The zero-order chi connectivity index (χ0) is 17.0. The SMILES string of the molecule is CNCC(=O)N1CCCC1C(=O)N[C@H](C)c1cc(C(=N)N)cs1. The number of amides is 2. The van der Waals surface area contributed by atoms with E-state index in [1.807, 2.05) is 13.0 Å². The standard InChI is InChI=1S/C15H23N5O2S/c1-9(12-6-10(8-23-12)14(16)17)19-15(22)11-4-3-5-20(11)13(21)7-18-2/h6,8-9,11,18H,3-5,7H2,1-2H3,(H3,16,17)(H,19,22)/t9-,11?/m1/s1. The van der Waals surface area contributed by atoms with Crippen LogP contribution in [0.3, 0.4) is 0 Å². The summed E-state index contributed by atoms with van der Waals surface area (Å²) >= 11 is 1.46. The zero-order valence-electron chi connectivity index (χ0n) is 13.4. The van der Waals surface area contributed by atoms with Gasteiger partial charge in [0.15, 0.2) is 0 Å². The van der Waals surface area contributed by atoms with Gasteiger partial charge in [0.1, 0.15) is 11.9 Å². The van der Waals surface area contributed by atoms with Crippen molar-refractivity contribution in [3.8, 4) is 0 Å². The van der Waals surface area contributed by atoms with Crippen LogP contribution in [0.2, 0.25) is 0 Å². The van der Waals surface area contributed by atoms with Crippen LogP contribution in [0, 0.1) is 5.41 Å². The molecule has 1 aromatic heterocycles. The van der Waals surface area contributed by atoms with Gasteiger partial charge in [-0.3, -0.25) is 15.0 Å². The number of nitrogens with zero attached hydrogens (tertiary/aromatic N) is 1. The second kappa shape index (κ2) is 7.56. The molecule has 0 radical (unpaired) electrons. The summed E-state index contributed by atoms with van der Waals surface area (Å²) in [6.07, 6.45) is 1.53. The van der Waals surface area contributed by atoms with Crippen molar-refractivity contribution < 1.29 is 9.59 Å². The maximum Gasteiger partial charge on any atom is 0.243 e. The van der Waals surface area contributed by atoms with Crippen LogP contribution >= 0.6 is 11.3 Å². The fraction of sp³-hybridized carbons (Fsp3) is 0.533. The summed E-state index contributed by atoms with van der Waals surface area (Å²) in [4.78, 5) is 27.1. The lowest BCUT2D eigenvalue weighted by molar-refractivity contribution is -0.138. The molecule has 1 fully saturated rings. The van der Waals surface area contributed by atoms with E-state index in [9.17, 15) is 9.59 Å². The Morgan fingerprint density at radius 2 is 2.30 bits per heavy atom. The van der Waals surface area contributed by atoms with Crippen LogP contribution < -0.4 is 16.4 Å². The van der Waals surface area contributed by atoms with Gasteiger partial charge >= 0.3 is 0 Å². The van der Waals surface area contributed by atoms with Crippen molar-refractivity contribution in [2.24, 2.45) is 5.73 Å². The second-order valence-corrected chi connectivity index (χ2v) is 6.60. The summed E-state index contributed by atoms with van der Waals surface area (Å²) in [7, 11) is 1.72. The number of thiophene rings is 1. The Labute approximate surface area is 139 Å². The summed E-state index contributed by atoms with van der Waals surface area (Å²) < 4.78 is 0. The Morgan fingerprint density at radius 3 is 2.91 bits per heavy atom. The molecule has 126 valence electrons. The van der Waals surface area contributed by atoms with E-state index < -0.39 is 6.04 Å². The molecule has 5 N–H and O–H groups in total. The molecule has 7 nitrogen and oxygen atoms in total. The van der Waals surface area contributed by atoms with Crippen molar-refractivity contribution in [2.45, 2.75) is 31.8 Å². The number of hydrogen-bond donors (Lipinski definition) is 4. The van der Waals surface area contributed by atoms with Crippen LogP contribution in [-0.4, -0.2) is 48.7 Å². The highest BCUT2D eigenvalue weighted by atomic mass is 32.1. The van der Waals surface area contributed by atoms with Crippen LogP contribution in [0.4, 0.5) is 0 Å². The number of nitrogens with one attached hydrogen (secondary N) is 3. The van der Waals surface area contributed by atoms with E-state index in [-0.39, 0.29) is 30.2 Å². The number of likely N-dealkylation sites (N-methyl/N-ethyl adjacent to an activating group) is 1. The van der Waals surface area contributed by atoms with Gasteiger partial charge in [-0.05, 0) is 32.9 Å². The fourth-order valence-electron chi connectivity index (χ4n) is 2.69. The molecule has 1 saturated heterocycles. The van der Waals surface area contributed by atoms with Crippen molar-refractivity contribution >= 4 is 29.0 Å². The molecular weight excluding hydrogens is 314 g/mol. The maximum atomic E-state index is 12.5. The molecule has 0 bridgehead atoms. The van der Waals surface area contributed by atoms with Crippen LogP contribution in [0.5, 0.6) is 0 Å². The molecular formula is C15H23N5O2S. The van der Waals surface area contributed by atoms with Crippen LogP contribution in [0.1, 0.15) is 36.2 Å². The van der Waals surface area contributed by atoms with E-state index in [0.717, 1.165) is 11.3 Å². The minimum Gasteiger partial charge on any atom is -0.384 e. The summed E-state index contributed by atoms with van der Waals surface area (Å²) in [5.41, 5.74) is 6.13. The first kappa shape index (κ1) is 17.4. The molecule has 8 heteroatoms. The van der Waals surface area contributed by atoms with Gasteiger partial charge in [-0.1, -0.05) is 0 Å².